The highest BCUT2D eigenvalue weighted by atomic mass is 19.4. The summed E-state index contributed by atoms with van der Waals surface area (Å²) in [5.41, 5.74) is 1.09. The minimum Gasteiger partial charge on any atom is -0.376 e. The van der Waals surface area contributed by atoms with Gasteiger partial charge in [-0.15, -0.1) is 5.10 Å². The fourth-order valence-electron chi connectivity index (χ4n) is 5.54. The van der Waals surface area contributed by atoms with Crippen LogP contribution in [-0.4, -0.2) is 57.8 Å². The molecule has 2 aromatic carbocycles. The van der Waals surface area contributed by atoms with Gasteiger partial charge < -0.3 is 15.4 Å². The van der Waals surface area contributed by atoms with E-state index in [2.05, 4.69) is 15.4 Å². The predicted octanol–water partition coefficient (Wildman–Crippen LogP) is 5.36. The van der Waals surface area contributed by atoms with E-state index in [0.717, 1.165) is 21.8 Å². The Morgan fingerprint density at radius 2 is 1.52 bits per heavy atom. The zero-order chi connectivity index (χ0) is 34.0. The summed E-state index contributed by atoms with van der Waals surface area (Å²) < 4.78 is 129. The number of benzene rings is 2. The molecule has 1 unspecified atom stereocenters. The highest BCUT2D eigenvalue weighted by Crippen LogP contribution is 2.40. The van der Waals surface area contributed by atoms with Crippen molar-refractivity contribution >= 4 is 11.9 Å². The molecule has 46 heavy (non-hydrogen) atoms. The number of rotatable bonds is 10. The average molecular weight is 668 g/mol. The number of nitrogens with zero attached hydrogens (tertiary/aromatic N) is 6. The fourth-order valence-corrected chi connectivity index (χ4v) is 5.54. The van der Waals surface area contributed by atoms with Crippen LogP contribution in [0.5, 0.6) is 0 Å². The van der Waals surface area contributed by atoms with E-state index in [0.29, 0.717) is 43.6 Å². The molecule has 0 spiro atoms. The Balaban J connectivity index is 1.76. The van der Waals surface area contributed by atoms with Crippen LogP contribution >= 0.6 is 0 Å². The SMILES string of the molecule is COC(c1ccc(C(F)(F)F)cc1CN(Cc1cc(C(F)(F)F)cc(C(F)(F)F)c1)c1nnn(C)n1)C1CCN(CC(N)=O)CC1. The van der Waals surface area contributed by atoms with Crippen molar-refractivity contribution in [3.05, 3.63) is 69.8 Å². The molecular formula is C28H30F9N7O2. The zero-order valence-corrected chi connectivity index (χ0v) is 24.5. The third-order valence-electron chi connectivity index (χ3n) is 7.63. The molecule has 1 atom stereocenters. The molecule has 9 nitrogen and oxygen atoms in total. The first-order valence-electron chi connectivity index (χ1n) is 13.9. The normalized spacial score (nSPS) is 16.1. The molecular weight excluding hydrogens is 637 g/mol. The van der Waals surface area contributed by atoms with Gasteiger partial charge in [-0.05, 0) is 84.1 Å². The van der Waals surface area contributed by atoms with Crippen molar-refractivity contribution in [1.29, 1.82) is 0 Å². The van der Waals surface area contributed by atoms with E-state index in [1.807, 2.05) is 4.90 Å². The molecule has 1 aliphatic rings. The molecule has 18 heteroatoms. The summed E-state index contributed by atoms with van der Waals surface area (Å²) in [6.45, 7) is -0.117. The second-order valence-electron chi connectivity index (χ2n) is 11.0. The van der Waals surface area contributed by atoms with Crippen LogP contribution in [0.4, 0.5) is 45.5 Å². The fraction of sp³-hybridized carbons (Fsp3) is 0.500. The van der Waals surface area contributed by atoms with Gasteiger partial charge in [-0.3, -0.25) is 9.69 Å². The maximum Gasteiger partial charge on any atom is 0.416 e. The number of ether oxygens (including phenoxy) is 1. The van der Waals surface area contributed by atoms with Crippen molar-refractivity contribution in [1.82, 2.24) is 25.1 Å². The molecule has 252 valence electrons. The molecule has 0 radical (unpaired) electrons. The summed E-state index contributed by atoms with van der Waals surface area (Å²) in [5.74, 6) is -0.955. The van der Waals surface area contributed by atoms with Gasteiger partial charge in [0.2, 0.25) is 5.91 Å². The Morgan fingerprint density at radius 3 is 2.00 bits per heavy atom. The van der Waals surface area contributed by atoms with E-state index in [-0.39, 0.29) is 30.0 Å². The van der Waals surface area contributed by atoms with Gasteiger partial charge in [-0.25, -0.2) is 0 Å². The van der Waals surface area contributed by atoms with Crippen LogP contribution in [0.1, 0.15) is 52.3 Å². The smallest absolute Gasteiger partial charge is 0.376 e. The highest BCUT2D eigenvalue weighted by Gasteiger charge is 2.38. The Kier molecular flexibility index (Phi) is 10.2. The highest BCUT2D eigenvalue weighted by molar-refractivity contribution is 5.75. The molecule has 4 rings (SSSR count). The van der Waals surface area contributed by atoms with E-state index in [1.165, 1.54) is 20.2 Å². The van der Waals surface area contributed by atoms with Crippen LogP contribution in [0.15, 0.2) is 36.4 Å². The molecule has 1 aliphatic heterocycles. The molecule has 1 aromatic heterocycles. The Bertz CT molecular complexity index is 1480. The van der Waals surface area contributed by atoms with Gasteiger partial charge in [0.15, 0.2) is 0 Å². The number of nitrogens with two attached hydrogens (primary N) is 1. The average Bonchev–Trinajstić information content (AvgIpc) is 3.39. The van der Waals surface area contributed by atoms with Crippen LogP contribution in [-0.2, 0) is 48.2 Å². The van der Waals surface area contributed by atoms with Crippen molar-refractivity contribution in [2.24, 2.45) is 18.7 Å². The lowest BCUT2D eigenvalue weighted by Gasteiger charge is -2.36. The lowest BCUT2D eigenvalue weighted by molar-refractivity contribution is -0.143. The van der Waals surface area contributed by atoms with E-state index < -0.39 is 65.9 Å². The largest absolute Gasteiger partial charge is 0.416 e. The number of likely N-dealkylation sites (tertiary alicyclic amines) is 1. The Hall–Kier alpha value is -3.93. The third-order valence-corrected chi connectivity index (χ3v) is 7.63. The lowest BCUT2D eigenvalue weighted by Crippen LogP contribution is -2.41. The molecule has 0 aliphatic carbocycles. The number of carbonyl (C=O) groups is 1. The Morgan fingerprint density at radius 1 is 0.935 bits per heavy atom. The Labute approximate surface area is 257 Å². The molecule has 1 saturated heterocycles. The summed E-state index contributed by atoms with van der Waals surface area (Å²) in [6, 6.07) is 4.03. The number of hydrogen-bond donors (Lipinski definition) is 1. The number of amides is 1. The minimum atomic E-state index is -5.11. The number of anilines is 1. The quantitative estimate of drug-likeness (QED) is 0.291. The van der Waals surface area contributed by atoms with Gasteiger partial charge in [-0.2, -0.15) is 44.3 Å². The third kappa shape index (κ3) is 8.65. The van der Waals surface area contributed by atoms with Gasteiger partial charge >= 0.3 is 18.5 Å². The van der Waals surface area contributed by atoms with E-state index in [1.54, 1.807) is 0 Å². The zero-order valence-electron chi connectivity index (χ0n) is 24.5. The van der Waals surface area contributed by atoms with Crippen molar-refractivity contribution in [3.63, 3.8) is 0 Å². The van der Waals surface area contributed by atoms with Gasteiger partial charge in [-0.1, -0.05) is 11.2 Å². The minimum absolute atomic E-state index is 0.0166. The number of piperidine rings is 1. The van der Waals surface area contributed by atoms with Gasteiger partial charge in [0.05, 0.1) is 36.4 Å². The maximum atomic E-state index is 13.9. The first kappa shape index (κ1) is 34.9. The van der Waals surface area contributed by atoms with E-state index in [9.17, 15) is 44.3 Å². The summed E-state index contributed by atoms with van der Waals surface area (Å²) in [4.78, 5) is 15.3. The second-order valence-corrected chi connectivity index (χ2v) is 11.0. The molecule has 0 saturated carbocycles. The number of aryl methyl sites for hydroxylation is 1. The van der Waals surface area contributed by atoms with E-state index in [4.69, 9.17) is 10.5 Å². The lowest BCUT2D eigenvalue weighted by atomic mass is 9.84. The summed E-state index contributed by atoms with van der Waals surface area (Å²) in [7, 11) is 2.74. The van der Waals surface area contributed by atoms with Gasteiger partial charge in [0.1, 0.15) is 0 Å². The van der Waals surface area contributed by atoms with Crippen LogP contribution in [0.25, 0.3) is 0 Å². The van der Waals surface area contributed by atoms with Crippen molar-refractivity contribution in [3.8, 4) is 0 Å². The van der Waals surface area contributed by atoms with Gasteiger partial charge in [0.25, 0.3) is 5.95 Å². The molecule has 2 heterocycles. The molecule has 2 N–H and O–H groups in total. The van der Waals surface area contributed by atoms with Crippen molar-refractivity contribution in [2.45, 2.75) is 50.6 Å². The second kappa shape index (κ2) is 13.4. The number of tetrazole rings is 1. The molecule has 1 fully saturated rings. The summed E-state index contributed by atoms with van der Waals surface area (Å²) in [6.07, 6.45) is -14.7. The number of methoxy groups -OCH3 is 1. The summed E-state index contributed by atoms with van der Waals surface area (Å²) in [5, 5.41) is 11.5. The maximum absolute atomic E-state index is 13.9. The van der Waals surface area contributed by atoms with Crippen LogP contribution in [0.3, 0.4) is 0 Å². The van der Waals surface area contributed by atoms with Crippen molar-refractivity contribution in [2.75, 3.05) is 31.6 Å². The molecule has 3 aromatic rings. The summed E-state index contributed by atoms with van der Waals surface area (Å²) >= 11 is 0. The number of primary amides is 1. The monoisotopic (exact) mass is 667 g/mol. The van der Waals surface area contributed by atoms with Crippen LogP contribution in [0.2, 0.25) is 0 Å². The number of hydrogen-bond acceptors (Lipinski definition) is 7. The molecule has 0 bridgehead atoms. The van der Waals surface area contributed by atoms with E-state index >= 15 is 0 Å². The van der Waals surface area contributed by atoms with Gasteiger partial charge in [0, 0.05) is 20.2 Å². The van der Waals surface area contributed by atoms with Crippen LogP contribution < -0.4 is 10.6 Å². The van der Waals surface area contributed by atoms with Crippen LogP contribution in [0, 0.1) is 5.92 Å². The first-order chi connectivity index (χ1) is 21.3. The van der Waals surface area contributed by atoms with Crippen molar-refractivity contribution < 1.29 is 49.0 Å². The predicted molar refractivity (Wildman–Crippen MR) is 145 cm³/mol. The number of alkyl halides is 9. The standard InChI is InChI=1S/C28H30F9N7O2/c1-42-40-25(39-41-42)44(13-16-9-20(27(32,33)34)12-21(10-16)28(35,36)37)14-18-11-19(26(29,30)31)3-4-22(18)24(46-2)17-5-7-43(8-6-17)15-23(38)45/h3-4,9-12,17,24H,5-8,13-15H2,1-2H3,(H2,38,45). The number of carbonyl (C=O) groups excluding carboxylic acids is 1. The first-order valence-corrected chi connectivity index (χ1v) is 13.9. The number of aromatic nitrogens is 4. The topological polar surface area (TPSA) is 102 Å². The molecule has 1 amide bonds. The number of halogens is 9.